The molecule has 3 atom stereocenters. The van der Waals surface area contributed by atoms with E-state index in [1.807, 2.05) is 25.2 Å². The van der Waals surface area contributed by atoms with Crippen molar-refractivity contribution >= 4 is 10.9 Å². The van der Waals surface area contributed by atoms with E-state index < -0.39 is 0 Å². The lowest BCUT2D eigenvalue weighted by molar-refractivity contribution is 0.0713. The second-order valence-electron chi connectivity index (χ2n) is 7.59. The van der Waals surface area contributed by atoms with Crippen LogP contribution in [0.4, 0.5) is 0 Å². The zero-order valence-corrected chi connectivity index (χ0v) is 14.5. The molecule has 2 aliphatic rings. The highest BCUT2D eigenvalue weighted by atomic mass is 16.3. The van der Waals surface area contributed by atoms with Gasteiger partial charge in [0.1, 0.15) is 0 Å². The molecule has 1 N–H and O–H groups in total. The van der Waals surface area contributed by atoms with Gasteiger partial charge in [0.25, 0.3) is 5.56 Å². The summed E-state index contributed by atoms with van der Waals surface area (Å²) in [5.74, 6) is 0. The maximum absolute atomic E-state index is 12.8. The van der Waals surface area contributed by atoms with Crippen molar-refractivity contribution in [3.63, 3.8) is 0 Å². The third-order valence-corrected chi connectivity index (χ3v) is 6.57. The molecule has 2 aromatic rings. The third kappa shape index (κ3) is 2.16. The monoisotopic (exact) mass is 326 g/mol. The van der Waals surface area contributed by atoms with Gasteiger partial charge in [-0.15, -0.1) is 0 Å². The summed E-state index contributed by atoms with van der Waals surface area (Å²) in [4.78, 5) is 15.3. The summed E-state index contributed by atoms with van der Waals surface area (Å²) in [6, 6.07) is 11.0. The Kier molecular flexibility index (Phi) is 3.77. The molecule has 0 aliphatic carbocycles. The van der Waals surface area contributed by atoms with Crippen LogP contribution in [0.25, 0.3) is 10.9 Å². The highest BCUT2D eigenvalue weighted by Crippen LogP contribution is 2.51. The van der Waals surface area contributed by atoms with Gasteiger partial charge in [-0.2, -0.15) is 0 Å². The fourth-order valence-corrected chi connectivity index (χ4v) is 5.12. The molecular weight excluding hydrogens is 300 g/mol. The zero-order chi connectivity index (χ0) is 16.9. The van der Waals surface area contributed by atoms with Gasteiger partial charge in [-0.1, -0.05) is 25.1 Å². The highest BCUT2D eigenvalue weighted by molar-refractivity contribution is 5.79. The number of aliphatic hydroxyl groups excluding tert-OH is 1. The largest absolute Gasteiger partial charge is 0.396 e. The number of hydrogen-bond donors (Lipinski definition) is 1. The van der Waals surface area contributed by atoms with Gasteiger partial charge in [0.2, 0.25) is 0 Å². The van der Waals surface area contributed by atoms with E-state index in [1.54, 1.807) is 4.57 Å². The lowest BCUT2D eigenvalue weighted by Gasteiger charge is -2.35. The quantitative estimate of drug-likeness (QED) is 0.939. The van der Waals surface area contributed by atoms with Crippen LogP contribution in [0.5, 0.6) is 0 Å². The van der Waals surface area contributed by atoms with Gasteiger partial charge in [0.15, 0.2) is 0 Å². The second kappa shape index (κ2) is 5.71. The molecule has 4 nitrogen and oxygen atoms in total. The lowest BCUT2D eigenvalue weighted by atomic mass is 9.72. The molecular formula is C20H26N2O2. The SMILES string of the molecule is CC[C@]1(CO)C[C@H]2CC[C@@H]1N2Cc1cc2ccccc2n(C)c1=O. The average molecular weight is 326 g/mol. The minimum Gasteiger partial charge on any atom is -0.396 e. The Morgan fingerprint density at radius 2 is 2.08 bits per heavy atom. The Bertz CT molecular complexity index is 822. The number of fused-ring (bicyclic) bond motifs is 3. The van der Waals surface area contributed by atoms with Gasteiger partial charge < -0.3 is 9.67 Å². The fourth-order valence-electron chi connectivity index (χ4n) is 5.12. The first-order valence-electron chi connectivity index (χ1n) is 9.04. The standard InChI is InChI=1S/C20H26N2O2/c1-3-20(13-23)11-16-8-9-18(20)22(16)12-15-10-14-6-4-5-7-17(14)21(2)19(15)24/h4-7,10,16,18,23H,3,8-9,11-13H2,1-2H3/t16-,18+,20-/m1/s1. The molecule has 0 amide bonds. The summed E-state index contributed by atoms with van der Waals surface area (Å²) >= 11 is 0. The Morgan fingerprint density at radius 1 is 1.29 bits per heavy atom. The average Bonchev–Trinajstić information content (AvgIpc) is 3.14. The first kappa shape index (κ1) is 15.9. The number of rotatable bonds is 4. The van der Waals surface area contributed by atoms with Crippen LogP contribution in [0, 0.1) is 5.41 Å². The van der Waals surface area contributed by atoms with Crippen molar-refractivity contribution in [2.75, 3.05) is 6.61 Å². The van der Waals surface area contributed by atoms with Crippen LogP contribution in [-0.2, 0) is 13.6 Å². The summed E-state index contributed by atoms with van der Waals surface area (Å²) in [6.07, 6.45) is 4.42. The molecule has 4 rings (SSSR count). The number of hydrogen-bond acceptors (Lipinski definition) is 3. The van der Waals surface area contributed by atoms with E-state index in [9.17, 15) is 9.90 Å². The number of aryl methyl sites for hydroxylation is 1. The number of nitrogens with zero attached hydrogens (tertiary/aromatic N) is 2. The molecule has 2 bridgehead atoms. The topological polar surface area (TPSA) is 45.5 Å². The molecule has 3 heterocycles. The van der Waals surface area contributed by atoms with Crippen LogP contribution in [0.3, 0.4) is 0 Å². The Morgan fingerprint density at radius 3 is 2.79 bits per heavy atom. The first-order chi connectivity index (χ1) is 11.6. The van der Waals surface area contributed by atoms with E-state index in [2.05, 4.69) is 24.0 Å². The zero-order valence-electron chi connectivity index (χ0n) is 14.5. The summed E-state index contributed by atoms with van der Waals surface area (Å²) in [5.41, 5.74) is 1.99. The smallest absolute Gasteiger partial charge is 0.255 e. The third-order valence-electron chi connectivity index (χ3n) is 6.57. The van der Waals surface area contributed by atoms with Gasteiger partial charge in [-0.05, 0) is 43.2 Å². The molecule has 0 unspecified atom stereocenters. The molecule has 4 heteroatoms. The molecule has 128 valence electrons. The summed E-state index contributed by atoms with van der Waals surface area (Å²) in [5, 5.41) is 11.1. The predicted molar refractivity (Wildman–Crippen MR) is 96.0 cm³/mol. The van der Waals surface area contributed by atoms with E-state index in [-0.39, 0.29) is 17.6 Å². The van der Waals surface area contributed by atoms with Crippen LogP contribution in [0.2, 0.25) is 0 Å². The maximum atomic E-state index is 12.8. The van der Waals surface area contributed by atoms with E-state index >= 15 is 0 Å². The van der Waals surface area contributed by atoms with E-state index in [4.69, 9.17) is 0 Å². The van der Waals surface area contributed by atoms with Crippen LogP contribution in [0.15, 0.2) is 35.1 Å². The predicted octanol–water partition coefficient (Wildman–Crippen LogP) is 2.66. The fraction of sp³-hybridized carbons (Fsp3) is 0.550. The number of pyridine rings is 1. The number of aromatic nitrogens is 1. The van der Waals surface area contributed by atoms with Gasteiger partial charge >= 0.3 is 0 Å². The van der Waals surface area contributed by atoms with Crippen molar-refractivity contribution < 1.29 is 5.11 Å². The lowest BCUT2D eigenvalue weighted by Crippen LogP contribution is -2.40. The van der Waals surface area contributed by atoms with Crippen molar-refractivity contribution in [3.8, 4) is 0 Å². The molecule has 24 heavy (non-hydrogen) atoms. The van der Waals surface area contributed by atoms with Gasteiger partial charge in [-0.3, -0.25) is 9.69 Å². The van der Waals surface area contributed by atoms with Crippen molar-refractivity contribution in [3.05, 3.63) is 46.2 Å². The summed E-state index contributed by atoms with van der Waals surface area (Å²) in [7, 11) is 1.86. The molecule has 0 radical (unpaired) electrons. The van der Waals surface area contributed by atoms with E-state index in [0.717, 1.165) is 35.7 Å². The normalized spacial score (nSPS) is 29.6. The summed E-state index contributed by atoms with van der Waals surface area (Å²) in [6.45, 7) is 3.15. The van der Waals surface area contributed by atoms with Crippen LogP contribution < -0.4 is 5.56 Å². The molecule has 1 aromatic carbocycles. The molecule has 0 spiro atoms. The van der Waals surface area contributed by atoms with Gasteiger partial charge in [-0.25, -0.2) is 0 Å². The molecule has 2 saturated heterocycles. The second-order valence-corrected chi connectivity index (χ2v) is 7.59. The molecule has 2 aliphatic heterocycles. The summed E-state index contributed by atoms with van der Waals surface area (Å²) < 4.78 is 1.77. The van der Waals surface area contributed by atoms with Crippen molar-refractivity contribution in [1.82, 2.24) is 9.47 Å². The minimum absolute atomic E-state index is 0.0327. The van der Waals surface area contributed by atoms with Crippen molar-refractivity contribution in [2.24, 2.45) is 12.5 Å². The Labute approximate surface area is 142 Å². The maximum Gasteiger partial charge on any atom is 0.255 e. The molecule has 2 fully saturated rings. The van der Waals surface area contributed by atoms with Crippen molar-refractivity contribution in [1.29, 1.82) is 0 Å². The first-order valence-corrected chi connectivity index (χ1v) is 9.04. The number of para-hydroxylation sites is 1. The molecule has 0 saturated carbocycles. The van der Waals surface area contributed by atoms with E-state index in [1.165, 1.54) is 6.42 Å². The van der Waals surface area contributed by atoms with Crippen molar-refractivity contribution in [2.45, 2.75) is 51.2 Å². The Hall–Kier alpha value is -1.65. The Balaban J connectivity index is 1.71. The van der Waals surface area contributed by atoms with Gasteiger partial charge in [0.05, 0.1) is 12.1 Å². The molecule has 1 aromatic heterocycles. The number of benzene rings is 1. The number of aliphatic hydroxyl groups is 1. The van der Waals surface area contributed by atoms with Crippen LogP contribution in [-0.4, -0.2) is 33.3 Å². The van der Waals surface area contributed by atoms with Crippen LogP contribution >= 0.6 is 0 Å². The highest BCUT2D eigenvalue weighted by Gasteiger charge is 2.54. The minimum atomic E-state index is 0.0327. The van der Waals surface area contributed by atoms with E-state index in [0.29, 0.717) is 18.6 Å². The van der Waals surface area contributed by atoms with Crippen LogP contribution in [0.1, 0.15) is 38.2 Å². The van der Waals surface area contributed by atoms with Gasteiger partial charge in [0, 0.05) is 36.7 Å².